The third-order valence-corrected chi connectivity index (χ3v) is 6.11. The number of carbonyl (C=O) groups excluding carboxylic acids is 2. The Morgan fingerprint density at radius 1 is 0.964 bits per heavy atom. The normalized spacial score (nSPS) is 15.8. The van der Waals surface area contributed by atoms with Crippen LogP contribution in [0.3, 0.4) is 0 Å². The van der Waals surface area contributed by atoms with E-state index in [2.05, 4.69) is 16.0 Å². The summed E-state index contributed by atoms with van der Waals surface area (Å²) in [7, 11) is 0. The summed E-state index contributed by atoms with van der Waals surface area (Å²) in [5.41, 5.74) is 0.954. The minimum absolute atomic E-state index is 0.0375. The number of rotatable bonds is 2. The second kappa shape index (κ2) is 8.27. The van der Waals surface area contributed by atoms with Crippen LogP contribution in [0.2, 0.25) is 25.1 Å². The zero-order valence-electron chi connectivity index (χ0n) is 13.6. The number of halogens is 5. The zero-order valence-corrected chi connectivity index (χ0v) is 17.4. The summed E-state index contributed by atoms with van der Waals surface area (Å²) in [6, 6.07) is 5.18. The standard InChI is InChI=1S/C17H10Cl5N3O3/c18-10-11(19)13(21)15(14(22)12(10)20)25-17(28)24-8-5-9(26)16(27)23-7-4-2-1-3-6(7)8/h1-5,8,26H,(H,23,27)(H2,24,25,28). The molecule has 0 aliphatic carbocycles. The van der Waals surface area contributed by atoms with Crippen LogP contribution in [0.1, 0.15) is 11.6 Å². The lowest BCUT2D eigenvalue weighted by Crippen LogP contribution is -2.32. The van der Waals surface area contributed by atoms with Gasteiger partial charge in [-0.2, -0.15) is 0 Å². The second-order valence-electron chi connectivity index (χ2n) is 5.61. The van der Waals surface area contributed by atoms with Crippen molar-refractivity contribution in [3.8, 4) is 0 Å². The summed E-state index contributed by atoms with van der Waals surface area (Å²) in [6.07, 6.45) is 1.20. The van der Waals surface area contributed by atoms with Gasteiger partial charge in [0.1, 0.15) is 0 Å². The fourth-order valence-electron chi connectivity index (χ4n) is 2.52. The highest BCUT2D eigenvalue weighted by molar-refractivity contribution is 6.56. The molecule has 2 aromatic carbocycles. The van der Waals surface area contributed by atoms with Crippen molar-refractivity contribution in [3.63, 3.8) is 0 Å². The molecule has 0 aromatic heterocycles. The van der Waals surface area contributed by atoms with E-state index >= 15 is 0 Å². The smallest absolute Gasteiger partial charge is 0.320 e. The van der Waals surface area contributed by atoms with Gasteiger partial charge in [-0.05, 0) is 12.1 Å². The molecule has 0 fully saturated rings. The molecule has 2 aromatic rings. The molecule has 0 saturated heterocycles. The molecule has 4 N–H and O–H groups in total. The van der Waals surface area contributed by atoms with E-state index in [0.29, 0.717) is 11.3 Å². The van der Waals surface area contributed by atoms with Gasteiger partial charge in [0.05, 0.1) is 36.8 Å². The van der Waals surface area contributed by atoms with E-state index in [1.165, 1.54) is 6.08 Å². The molecule has 0 saturated carbocycles. The molecule has 3 rings (SSSR count). The van der Waals surface area contributed by atoms with Crippen LogP contribution in [0.4, 0.5) is 16.2 Å². The highest BCUT2D eigenvalue weighted by atomic mass is 35.5. The van der Waals surface area contributed by atoms with Gasteiger partial charge in [0.2, 0.25) is 0 Å². The van der Waals surface area contributed by atoms with Gasteiger partial charge in [0.15, 0.2) is 5.76 Å². The summed E-state index contributed by atoms with van der Waals surface area (Å²) in [6.45, 7) is 0. The average molecular weight is 482 g/mol. The van der Waals surface area contributed by atoms with Crippen LogP contribution in [-0.2, 0) is 4.79 Å². The molecule has 1 aliphatic heterocycles. The van der Waals surface area contributed by atoms with Crippen LogP contribution in [0, 0.1) is 0 Å². The maximum Gasteiger partial charge on any atom is 0.320 e. The third kappa shape index (κ3) is 3.97. The molecule has 28 heavy (non-hydrogen) atoms. The van der Waals surface area contributed by atoms with E-state index in [1.54, 1.807) is 24.3 Å². The number of hydrogen-bond donors (Lipinski definition) is 4. The van der Waals surface area contributed by atoms with Gasteiger partial charge in [-0.15, -0.1) is 0 Å². The third-order valence-electron chi connectivity index (χ3n) is 3.84. The number of para-hydroxylation sites is 1. The first-order chi connectivity index (χ1) is 13.2. The summed E-state index contributed by atoms with van der Waals surface area (Å²) in [5.74, 6) is -1.24. The number of fused-ring (bicyclic) bond motifs is 1. The number of benzene rings is 2. The fraction of sp³-hybridized carbons (Fsp3) is 0.0588. The Hall–Kier alpha value is -1.83. The number of anilines is 2. The molecule has 0 radical (unpaired) electrons. The molecule has 6 nitrogen and oxygen atoms in total. The number of carbonyl (C=O) groups is 2. The highest BCUT2D eigenvalue weighted by Crippen LogP contribution is 2.46. The van der Waals surface area contributed by atoms with Crippen LogP contribution in [0.5, 0.6) is 0 Å². The maximum absolute atomic E-state index is 12.5. The van der Waals surface area contributed by atoms with Crippen molar-refractivity contribution in [1.82, 2.24) is 5.32 Å². The lowest BCUT2D eigenvalue weighted by molar-refractivity contribution is -0.115. The Labute approximate surface area is 184 Å². The maximum atomic E-state index is 12.5. The average Bonchev–Trinajstić information content (AvgIpc) is 2.79. The van der Waals surface area contributed by atoms with E-state index in [-0.39, 0.29) is 30.8 Å². The molecule has 3 amide bonds. The Morgan fingerprint density at radius 3 is 2.18 bits per heavy atom. The lowest BCUT2D eigenvalue weighted by atomic mass is 10.1. The van der Waals surface area contributed by atoms with Crippen LogP contribution in [0.15, 0.2) is 36.1 Å². The minimum atomic E-state index is -0.828. The molecule has 0 bridgehead atoms. The molecule has 1 aliphatic rings. The van der Waals surface area contributed by atoms with Crippen LogP contribution in [-0.4, -0.2) is 17.0 Å². The Balaban J connectivity index is 1.91. The van der Waals surface area contributed by atoms with Gasteiger partial charge < -0.3 is 21.1 Å². The van der Waals surface area contributed by atoms with Crippen molar-refractivity contribution >= 4 is 81.3 Å². The topological polar surface area (TPSA) is 90.5 Å². The van der Waals surface area contributed by atoms with Crippen molar-refractivity contribution in [2.24, 2.45) is 0 Å². The number of aliphatic hydroxyl groups excluding tert-OH is 1. The predicted octanol–water partition coefficient (Wildman–Crippen LogP) is 6.21. The van der Waals surface area contributed by atoms with E-state index in [4.69, 9.17) is 58.0 Å². The first-order valence-corrected chi connectivity index (χ1v) is 9.49. The summed E-state index contributed by atoms with van der Waals surface area (Å²) in [4.78, 5) is 24.4. The SMILES string of the molecule is O=C(Nc1c(Cl)c(Cl)c(Cl)c(Cl)c1Cl)NC1C=C(O)C(=O)Nc2ccccc21. The van der Waals surface area contributed by atoms with Gasteiger partial charge in [0, 0.05) is 11.3 Å². The van der Waals surface area contributed by atoms with Crippen LogP contribution < -0.4 is 16.0 Å². The van der Waals surface area contributed by atoms with Gasteiger partial charge in [0.25, 0.3) is 5.91 Å². The highest BCUT2D eigenvalue weighted by Gasteiger charge is 2.25. The Kier molecular flexibility index (Phi) is 6.17. The lowest BCUT2D eigenvalue weighted by Gasteiger charge is -2.19. The van der Waals surface area contributed by atoms with E-state index in [9.17, 15) is 14.7 Å². The number of nitrogens with one attached hydrogen (secondary N) is 3. The minimum Gasteiger partial charge on any atom is -0.503 e. The Bertz CT molecular complexity index is 996. The zero-order chi connectivity index (χ0) is 20.6. The summed E-state index contributed by atoms with van der Waals surface area (Å²) >= 11 is 30.1. The summed E-state index contributed by atoms with van der Waals surface area (Å²) in [5, 5.41) is 17.1. The molecule has 0 spiro atoms. The molecule has 1 atom stereocenters. The van der Waals surface area contributed by atoms with E-state index in [1.807, 2.05) is 0 Å². The van der Waals surface area contributed by atoms with Crippen LogP contribution >= 0.6 is 58.0 Å². The quantitative estimate of drug-likeness (QED) is 0.304. The van der Waals surface area contributed by atoms with Crippen molar-refractivity contribution < 1.29 is 14.7 Å². The molecule has 1 heterocycles. The molecular weight excluding hydrogens is 471 g/mol. The van der Waals surface area contributed by atoms with Crippen molar-refractivity contribution in [2.45, 2.75) is 6.04 Å². The number of urea groups is 1. The van der Waals surface area contributed by atoms with Gasteiger partial charge in [-0.25, -0.2) is 4.79 Å². The first kappa shape index (κ1) is 20.9. The van der Waals surface area contributed by atoms with Gasteiger partial charge in [-0.1, -0.05) is 76.2 Å². The number of amides is 3. The molecular formula is C17H10Cl5N3O3. The predicted molar refractivity (Wildman–Crippen MR) is 112 cm³/mol. The van der Waals surface area contributed by atoms with E-state index < -0.39 is 23.7 Å². The van der Waals surface area contributed by atoms with Gasteiger partial charge >= 0.3 is 6.03 Å². The molecule has 11 heteroatoms. The van der Waals surface area contributed by atoms with Crippen molar-refractivity contribution in [1.29, 1.82) is 0 Å². The largest absolute Gasteiger partial charge is 0.503 e. The number of aliphatic hydroxyl groups is 1. The van der Waals surface area contributed by atoms with Crippen molar-refractivity contribution in [2.75, 3.05) is 10.6 Å². The van der Waals surface area contributed by atoms with Gasteiger partial charge in [-0.3, -0.25) is 4.79 Å². The summed E-state index contributed by atoms with van der Waals surface area (Å²) < 4.78 is 0. The van der Waals surface area contributed by atoms with Crippen LogP contribution in [0.25, 0.3) is 0 Å². The monoisotopic (exact) mass is 479 g/mol. The fourth-order valence-corrected chi connectivity index (χ4v) is 3.75. The van der Waals surface area contributed by atoms with Crippen molar-refractivity contribution in [3.05, 3.63) is 66.8 Å². The Morgan fingerprint density at radius 2 is 1.54 bits per heavy atom. The number of hydrogen-bond acceptors (Lipinski definition) is 3. The second-order valence-corrected chi connectivity index (χ2v) is 7.50. The first-order valence-electron chi connectivity index (χ1n) is 7.60. The van der Waals surface area contributed by atoms with E-state index in [0.717, 1.165) is 0 Å². The molecule has 146 valence electrons. The molecule has 1 unspecified atom stereocenters.